The standard InChI is InChI=1S/C25H35N5O2/c1-3-26-24(30-16-14-29(15-17-30)23-6-4-5-13-27-23)28-20-25(11-18-32-19-12-25)21-7-9-22(31-2)10-8-21/h4-10,13H,3,11-12,14-20H2,1-2H3,(H,26,28). The molecule has 0 aliphatic carbocycles. The maximum absolute atomic E-state index is 5.70. The molecular formula is C25H35N5O2. The van der Waals surface area contributed by atoms with Crippen LogP contribution in [0.4, 0.5) is 5.82 Å². The average Bonchev–Trinajstić information content (AvgIpc) is 2.88. The zero-order chi connectivity index (χ0) is 22.2. The van der Waals surface area contributed by atoms with E-state index in [0.29, 0.717) is 0 Å². The van der Waals surface area contributed by atoms with Crippen LogP contribution in [0.1, 0.15) is 25.3 Å². The van der Waals surface area contributed by atoms with E-state index >= 15 is 0 Å². The molecule has 2 saturated heterocycles. The van der Waals surface area contributed by atoms with Gasteiger partial charge in [-0.3, -0.25) is 4.99 Å². The van der Waals surface area contributed by atoms with Gasteiger partial charge in [0, 0.05) is 57.5 Å². The van der Waals surface area contributed by atoms with E-state index in [2.05, 4.69) is 57.4 Å². The van der Waals surface area contributed by atoms with Crippen LogP contribution < -0.4 is 15.0 Å². The Kier molecular flexibility index (Phi) is 7.47. The van der Waals surface area contributed by atoms with Crippen molar-refractivity contribution >= 4 is 11.8 Å². The lowest BCUT2D eigenvalue weighted by Crippen LogP contribution is -2.53. The fraction of sp³-hybridized carbons (Fsp3) is 0.520. The molecule has 0 atom stereocenters. The van der Waals surface area contributed by atoms with Gasteiger partial charge in [-0.25, -0.2) is 4.98 Å². The number of rotatable bonds is 6. The Morgan fingerprint density at radius 3 is 2.47 bits per heavy atom. The highest BCUT2D eigenvalue weighted by Crippen LogP contribution is 2.36. The quantitative estimate of drug-likeness (QED) is 0.554. The topological polar surface area (TPSA) is 62.2 Å². The molecule has 2 aromatic rings. The molecule has 2 aliphatic heterocycles. The average molecular weight is 438 g/mol. The first-order chi connectivity index (χ1) is 15.7. The lowest BCUT2D eigenvalue weighted by atomic mass is 9.74. The van der Waals surface area contributed by atoms with Crippen LogP contribution >= 0.6 is 0 Å². The van der Waals surface area contributed by atoms with E-state index in [0.717, 1.165) is 82.9 Å². The van der Waals surface area contributed by atoms with Crippen molar-refractivity contribution in [3.8, 4) is 5.75 Å². The number of hydrogen-bond acceptors (Lipinski definition) is 5. The zero-order valence-corrected chi connectivity index (χ0v) is 19.3. The van der Waals surface area contributed by atoms with Crippen molar-refractivity contribution in [1.82, 2.24) is 15.2 Å². The second kappa shape index (κ2) is 10.7. The lowest BCUT2D eigenvalue weighted by Gasteiger charge is -2.39. The number of nitrogens with one attached hydrogen (secondary N) is 1. The lowest BCUT2D eigenvalue weighted by molar-refractivity contribution is 0.0530. The minimum Gasteiger partial charge on any atom is -0.497 e. The predicted molar refractivity (Wildman–Crippen MR) is 129 cm³/mol. The third-order valence-corrected chi connectivity index (χ3v) is 6.57. The number of anilines is 1. The van der Waals surface area contributed by atoms with E-state index in [-0.39, 0.29) is 5.41 Å². The molecule has 7 heteroatoms. The van der Waals surface area contributed by atoms with Gasteiger partial charge in [0.1, 0.15) is 11.6 Å². The Morgan fingerprint density at radius 1 is 1.09 bits per heavy atom. The van der Waals surface area contributed by atoms with Crippen LogP contribution in [0.2, 0.25) is 0 Å². The summed E-state index contributed by atoms with van der Waals surface area (Å²) in [4.78, 5) is 14.4. The maximum Gasteiger partial charge on any atom is 0.194 e. The second-order valence-corrected chi connectivity index (χ2v) is 8.45. The monoisotopic (exact) mass is 437 g/mol. The van der Waals surface area contributed by atoms with Gasteiger partial charge in [-0.2, -0.15) is 0 Å². The number of aromatic nitrogens is 1. The minimum atomic E-state index is 0.000966. The molecule has 172 valence electrons. The van der Waals surface area contributed by atoms with Gasteiger partial charge in [0.05, 0.1) is 13.7 Å². The number of aliphatic imine (C=N–C) groups is 1. The largest absolute Gasteiger partial charge is 0.497 e. The molecule has 32 heavy (non-hydrogen) atoms. The number of pyridine rings is 1. The molecule has 0 radical (unpaired) electrons. The number of ether oxygens (including phenoxy) is 2. The van der Waals surface area contributed by atoms with E-state index < -0.39 is 0 Å². The number of piperazine rings is 1. The van der Waals surface area contributed by atoms with Crippen molar-refractivity contribution in [1.29, 1.82) is 0 Å². The third-order valence-electron chi connectivity index (χ3n) is 6.57. The van der Waals surface area contributed by atoms with Gasteiger partial charge in [-0.15, -0.1) is 0 Å². The second-order valence-electron chi connectivity index (χ2n) is 8.45. The van der Waals surface area contributed by atoms with Crippen LogP contribution in [0.25, 0.3) is 0 Å². The summed E-state index contributed by atoms with van der Waals surface area (Å²) >= 11 is 0. The molecule has 1 aromatic heterocycles. The van der Waals surface area contributed by atoms with Crippen LogP contribution in [-0.2, 0) is 10.2 Å². The zero-order valence-electron chi connectivity index (χ0n) is 19.3. The first-order valence-electron chi connectivity index (χ1n) is 11.7. The SMILES string of the molecule is CCNC(=NCC1(c2ccc(OC)cc2)CCOCC1)N1CCN(c2ccccn2)CC1. The number of guanidine groups is 1. The van der Waals surface area contributed by atoms with Crippen molar-refractivity contribution in [2.45, 2.75) is 25.2 Å². The van der Waals surface area contributed by atoms with Crippen molar-refractivity contribution in [3.05, 3.63) is 54.2 Å². The molecule has 2 aliphatic rings. The highest BCUT2D eigenvalue weighted by atomic mass is 16.5. The molecule has 2 fully saturated rings. The Morgan fingerprint density at radius 2 is 1.84 bits per heavy atom. The molecule has 4 rings (SSSR count). The summed E-state index contributed by atoms with van der Waals surface area (Å²) in [7, 11) is 1.71. The van der Waals surface area contributed by atoms with Crippen molar-refractivity contribution in [3.63, 3.8) is 0 Å². The Labute approximate surface area is 191 Å². The Hall–Kier alpha value is -2.80. The normalized spacial score (nSPS) is 19.0. The number of methoxy groups -OCH3 is 1. The molecule has 0 saturated carbocycles. The smallest absolute Gasteiger partial charge is 0.194 e. The highest BCUT2D eigenvalue weighted by Gasteiger charge is 2.35. The first kappa shape index (κ1) is 22.4. The van der Waals surface area contributed by atoms with Crippen LogP contribution in [0.5, 0.6) is 5.75 Å². The van der Waals surface area contributed by atoms with Gasteiger partial charge in [0.25, 0.3) is 0 Å². The molecule has 0 spiro atoms. The van der Waals surface area contributed by atoms with E-state index in [1.165, 1.54) is 5.56 Å². The van der Waals surface area contributed by atoms with Crippen LogP contribution in [0.3, 0.4) is 0 Å². The molecule has 0 bridgehead atoms. The number of hydrogen-bond donors (Lipinski definition) is 1. The first-order valence-corrected chi connectivity index (χ1v) is 11.7. The molecule has 0 unspecified atom stereocenters. The van der Waals surface area contributed by atoms with Crippen LogP contribution in [0.15, 0.2) is 53.7 Å². The van der Waals surface area contributed by atoms with Gasteiger partial charge >= 0.3 is 0 Å². The molecule has 1 aromatic carbocycles. The summed E-state index contributed by atoms with van der Waals surface area (Å²) in [5.41, 5.74) is 1.32. The van der Waals surface area contributed by atoms with E-state index in [1.807, 2.05) is 18.3 Å². The summed E-state index contributed by atoms with van der Waals surface area (Å²) in [5, 5.41) is 3.52. The van der Waals surface area contributed by atoms with Gasteiger partial charge in [-0.1, -0.05) is 18.2 Å². The van der Waals surface area contributed by atoms with Gasteiger partial charge in [0.15, 0.2) is 5.96 Å². The van der Waals surface area contributed by atoms with Gasteiger partial charge < -0.3 is 24.6 Å². The van der Waals surface area contributed by atoms with Gasteiger partial charge in [-0.05, 0) is 49.6 Å². The summed E-state index contributed by atoms with van der Waals surface area (Å²) in [6.07, 6.45) is 3.82. The van der Waals surface area contributed by atoms with Crippen LogP contribution in [0, 0.1) is 0 Å². The third kappa shape index (κ3) is 5.15. The fourth-order valence-corrected chi connectivity index (χ4v) is 4.58. The highest BCUT2D eigenvalue weighted by molar-refractivity contribution is 5.80. The molecule has 1 N–H and O–H groups in total. The van der Waals surface area contributed by atoms with Crippen molar-refractivity contribution in [2.24, 2.45) is 4.99 Å². The number of benzene rings is 1. The molecule has 0 amide bonds. The van der Waals surface area contributed by atoms with Crippen molar-refractivity contribution in [2.75, 3.05) is 64.5 Å². The maximum atomic E-state index is 5.70. The Balaban J connectivity index is 1.48. The van der Waals surface area contributed by atoms with Crippen molar-refractivity contribution < 1.29 is 9.47 Å². The summed E-state index contributed by atoms with van der Waals surface area (Å²) in [6.45, 7) is 9.05. The van der Waals surface area contributed by atoms with E-state index in [4.69, 9.17) is 14.5 Å². The fourth-order valence-electron chi connectivity index (χ4n) is 4.58. The predicted octanol–water partition coefficient (Wildman–Crippen LogP) is 2.93. The summed E-state index contributed by atoms with van der Waals surface area (Å²) < 4.78 is 11.1. The number of nitrogens with zero attached hydrogens (tertiary/aromatic N) is 4. The summed E-state index contributed by atoms with van der Waals surface area (Å²) in [5.74, 6) is 2.95. The molecule has 7 nitrogen and oxygen atoms in total. The minimum absolute atomic E-state index is 0.000966. The van der Waals surface area contributed by atoms with E-state index in [9.17, 15) is 0 Å². The molecular weight excluding hydrogens is 402 g/mol. The van der Waals surface area contributed by atoms with Gasteiger partial charge in [0.2, 0.25) is 0 Å². The molecule has 3 heterocycles. The van der Waals surface area contributed by atoms with E-state index in [1.54, 1.807) is 7.11 Å². The summed E-state index contributed by atoms with van der Waals surface area (Å²) in [6, 6.07) is 14.6. The Bertz CT molecular complexity index is 858. The van der Waals surface area contributed by atoms with Crippen LogP contribution in [-0.4, -0.2) is 75.4 Å².